The van der Waals surface area contributed by atoms with Gasteiger partial charge in [-0.05, 0) is 32.0 Å². The van der Waals surface area contributed by atoms with Crippen molar-refractivity contribution in [3.05, 3.63) is 23.9 Å². The third-order valence-corrected chi connectivity index (χ3v) is 4.20. The van der Waals surface area contributed by atoms with Gasteiger partial charge in [-0.2, -0.15) is 12.7 Å². The Morgan fingerprint density at radius 3 is 2.65 bits per heavy atom. The van der Waals surface area contributed by atoms with Crippen molar-refractivity contribution in [2.75, 3.05) is 24.9 Å². The molecule has 1 rings (SSSR count). The number of aryl methyl sites for hydroxylation is 1. The third kappa shape index (κ3) is 5.85. The van der Waals surface area contributed by atoms with E-state index in [-0.39, 0.29) is 0 Å². The molecular formula is C13H24N4O2S. The number of anilines is 1. The Morgan fingerprint density at radius 2 is 2.05 bits per heavy atom. The molecule has 0 aliphatic heterocycles. The molecule has 0 bridgehead atoms. The van der Waals surface area contributed by atoms with E-state index in [0.717, 1.165) is 18.7 Å². The predicted molar refractivity (Wildman–Crippen MR) is 81.9 cm³/mol. The van der Waals surface area contributed by atoms with Crippen LogP contribution in [-0.4, -0.2) is 43.9 Å². The van der Waals surface area contributed by atoms with E-state index in [1.165, 1.54) is 4.31 Å². The van der Waals surface area contributed by atoms with Gasteiger partial charge in [-0.15, -0.1) is 0 Å². The Labute approximate surface area is 121 Å². The van der Waals surface area contributed by atoms with Crippen LogP contribution in [0.2, 0.25) is 0 Å². The van der Waals surface area contributed by atoms with E-state index in [1.54, 1.807) is 19.2 Å². The first kappa shape index (κ1) is 16.9. The molecular weight excluding hydrogens is 276 g/mol. The molecule has 0 saturated heterocycles. The summed E-state index contributed by atoms with van der Waals surface area (Å²) in [4.78, 5) is 4.13. The lowest BCUT2D eigenvalue weighted by Crippen LogP contribution is -2.35. The van der Waals surface area contributed by atoms with Crippen molar-refractivity contribution >= 4 is 16.0 Å². The summed E-state index contributed by atoms with van der Waals surface area (Å²) < 4.78 is 28.0. The van der Waals surface area contributed by atoms with Gasteiger partial charge in [-0.25, -0.2) is 4.98 Å². The van der Waals surface area contributed by atoms with Gasteiger partial charge in [0.05, 0.1) is 0 Å². The van der Waals surface area contributed by atoms with E-state index < -0.39 is 10.2 Å². The summed E-state index contributed by atoms with van der Waals surface area (Å²) in [6, 6.07) is 5.64. The first-order chi connectivity index (χ1) is 9.31. The van der Waals surface area contributed by atoms with Crippen LogP contribution >= 0.6 is 0 Å². The van der Waals surface area contributed by atoms with Crippen LogP contribution in [0, 0.1) is 6.92 Å². The van der Waals surface area contributed by atoms with Gasteiger partial charge in [0.2, 0.25) is 0 Å². The zero-order chi connectivity index (χ0) is 15.2. The largest absolute Gasteiger partial charge is 0.314 e. The smallest absolute Gasteiger partial charge is 0.302 e. The normalized spacial score (nSPS) is 12.1. The average Bonchev–Trinajstić information content (AvgIpc) is 2.33. The van der Waals surface area contributed by atoms with Crippen LogP contribution in [0.1, 0.15) is 26.0 Å². The van der Waals surface area contributed by atoms with Gasteiger partial charge in [0.25, 0.3) is 0 Å². The first-order valence-corrected chi connectivity index (χ1v) is 8.16. The maximum absolute atomic E-state index is 12.1. The highest BCUT2D eigenvalue weighted by molar-refractivity contribution is 7.90. The molecule has 0 amide bonds. The van der Waals surface area contributed by atoms with E-state index in [0.29, 0.717) is 18.4 Å². The molecule has 7 heteroatoms. The van der Waals surface area contributed by atoms with Crippen molar-refractivity contribution in [1.82, 2.24) is 14.6 Å². The van der Waals surface area contributed by atoms with Crippen LogP contribution in [0.4, 0.5) is 5.82 Å². The third-order valence-electron chi connectivity index (χ3n) is 2.73. The summed E-state index contributed by atoms with van der Waals surface area (Å²) in [5, 5.41) is 3.26. The number of hydrogen-bond acceptors (Lipinski definition) is 4. The summed E-state index contributed by atoms with van der Waals surface area (Å²) in [7, 11) is -1.97. The quantitative estimate of drug-likeness (QED) is 0.711. The minimum atomic E-state index is -3.54. The molecule has 1 aromatic heterocycles. The Hall–Kier alpha value is -1.18. The molecule has 0 saturated carbocycles. The average molecular weight is 300 g/mol. The van der Waals surface area contributed by atoms with Gasteiger partial charge in [0.15, 0.2) is 0 Å². The molecule has 0 aliphatic carbocycles. The summed E-state index contributed by atoms with van der Waals surface area (Å²) in [5.74, 6) is 0.345. The Balaban J connectivity index is 2.51. The maximum atomic E-state index is 12.1. The fourth-order valence-electron chi connectivity index (χ4n) is 1.62. The molecule has 114 valence electrons. The lowest BCUT2D eigenvalue weighted by Gasteiger charge is -2.18. The molecule has 6 nitrogen and oxygen atoms in total. The van der Waals surface area contributed by atoms with Crippen LogP contribution < -0.4 is 10.0 Å². The van der Waals surface area contributed by atoms with E-state index >= 15 is 0 Å². The molecule has 20 heavy (non-hydrogen) atoms. The number of nitrogens with one attached hydrogen (secondary N) is 2. The molecule has 1 heterocycles. The number of rotatable bonds is 8. The van der Waals surface area contributed by atoms with Crippen LogP contribution in [0.3, 0.4) is 0 Å². The molecule has 0 fully saturated rings. The maximum Gasteiger partial charge on any atom is 0.302 e. The molecule has 0 radical (unpaired) electrons. The number of pyridine rings is 1. The van der Waals surface area contributed by atoms with Gasteiger partial charge in [-0.3, -0.25) is 4.72 Å². The van der Waals surface area contributed by atoms with Crippen molar-refractivity contribution in [1.29, 1.82) is 0 Å². The predicted octanol–water partition coefficient (Wildman–Crippen LogP) is 1.37. The molecule has 1 aromatic rings. The first-order valence-electron chi connectivity index (χ1n) is 6.72. The Bertz CT molecular complexity index is 517. The molecule has 0 aromatic carbocycles. The minimum absolute atomic E-state index is 0.345. The van der Waals surface area contributed by atoms with E-state index in [1.807, 2.05) is 13.0 Å². The zero-order valence-electron chi connectivity index (χ0n) is 12.5. The highest BCUT2D eigenvalue weighted by atomic mass is 32.2. The SMILES string of the molecule is Cc1cccc(NS(=O)(=O)N(C)CCCNC(C)C)n1. The molecule has 2 N–H and O–H groups in total. The van der Waals surface area contributed by atoms with Crippen LogP contribution in [0.5, 0.6) is 0 Å². The summed E-state index contributed by atoms with van der Waals surface area (Å²) in [5.41, 5.74) is 0.772. The fourth-order valence-corrected chi connectivity index (χ4v) is 2.53. The van der Waals surface area contributed by atoms with Gasteiger partial charge < -0.3 is 5.32 Å². The van der Waals surface area contributed by atoms with Crippen LogP contribution in [0.15, 0.2) is 18.2 Å². The second kappa shape index (κ2) is 7.56. The molecule has 0 spiro atoms. The lowest BCUT2D eigenvalue weighted by molar-refractivity contribution is 0.451. The van der Waals surface area contributed by atoms with Crippen LogP contribution in [0.25, 0.3) is 0 Å². The lowest BCUT2D eigenvalue weighted by atomic mass is 10.3. The number of aromatic nitrogens is 1. The van der Waals surface area contributed by atoms with Crippen molar-refractivity contribution in [3.8, 4) is 0 Å². The van der Waals surface area contributed by atoms with Gasteiger partial charge in [-0.1, -0.05) is 19.9 Å². The number of nitrogens with zero attached hydrogens (tertiary/aromatic N) is 2. The van der Waals surface area contributed by atoms with Crippen molar-refractivity contribution in [2.24, 2.45) is 0 Å². The van der Waals surface area contributed by atoms with Gasteiger partial charge in [0.1, 0.15) is 5.82 Å². The Morgan fingerprint density at radius 1 is 1.35 bits per heavy atom. The monoisotopic (exact) mass is 300 g/mol. The standard InChI is InChI=1S/C13H24N4O2S/c1-11(2)14-9-6-10-17(4)20(18,19)16-13-8-5-7-12(3)15-13/h5,7-8,11,14H,6,9-10H2,1-4H3,(H,15,16). The Kier molecular flexibility index (Phi) is 6.38. The zero-order valence-corrected chi connectivity index (χ0v) is 13.4. The molecule has 0 atom stereocenters. The second-order valence-electron chi connectivity index (χ2n) is 5.06. The molecule has 0 aliphatic rings. The van der Waals surface area contributed by atoms with E-state index in [4.69, 9.17) is 0 Å². The van der Waals surface area contributed by atoms with Crippen molar-refractivity contribution < 1.29 is 8.42 Å². The molecule has 0 unspecified atom stereocenters. The van der Waals surface area contributed by atoms with E-state index in [2.05, 4.69) is 28.9 Å². The summed E-state index contributed by atoms with van der Waals surface area (Å²) in [6.45, 7) is 7.19. The number of hydrogen-bond donors (Lipinski definition) is 2. The van der Waals surface area contributed by atoms with Gasteiger partial charge >= 0.3 is 10.2 Å². The summed E-state index contributed by atoms with van der Waals surface area (Å²) in [6.07, 6.45) is 0.761. The highest BCUT2D eigenvalue weighted by Gasteiger charge is 2.17. The highest BCUT2D eigenvalue weighted by Crippen LogP contribution is 2.08. The summed E-state index contributed by atoms with van der Waals surface area (Å²) >= 11 is 0. The second-order valence-corrected chi connectivity index (χ2v) is 6.83. The van der Waals surface area contributed by atoms with Gasteiger partial charge in [0, 0.05) is 25.3 Å². The minimum Gasteiger partial charge on any atom is -0.314 e. The van der Waals surface area contributed by atoms with Crippen LogP contribution in [-0.2, 0) is 10.2 Å². The van der Waals surface area contributed by atoms with E-state index in [9.17, 15) is 8.42 Å². The van der Waals surface area contributed by atoms with Crippen molar-refractivity contribution in [3.63, 3.8) is 0 Å². The van der Waals surface area contributed by atoms with Crippen molar-refractivity contribution in [2.45, 2.75) is 33.2 Å². The fraction of sp³-hybridized carbons (Fsp3) is 0.615. The topological polar surface area (TPSA) is 74.3 Å².